The molecule has 0 aromatic heterocycles. The first-order chi connectivity index (χ1) is 9.74. The predicted molar refractivity (Wildman–Crippen MR) is 80.6 cm³/mol. The summed E-state index contributed by atoms with van der Waals surface area (Å²) in [5, 5.41) is 6.74. The van der Waals surface area contributed by atoms with E-state index in [9.17, 15) is 4.79 Å². The van der Waals surface area contributed by atoms with Crippen molar-refractivity contribution in [2.24, 2.45) is 5.92 Å². The molecule has 4 heteroatoms. The van der Waals surface area contributed by atoms with Crippen molar-refractivity contribution < 1.29 is 4.79 Å². The maximum absolute atomic E-state index is 12.6. The molecule has 2 aliphatic heterocycles. The van der Waals surface area contributed by atoms with E-state index >= 15 is 0 Å². The van der Waals surface area contributed by atoms with Crippen molar-refractivity contribution in [1.82, 2.24) is 15.5 Å². The highest BCUT2D eigenvalue weighted by atomic mass is 16.2. The van der Waals surface area contributed by atoms with E-state index in [1.165, 1.54) is 38.5 Å². The maximum Gasteiger partial charge on any atom is 0.237 e. The Balaban J connectivity index is 1.55. The number of nitrogens with one attached hydrogen (secondary N) is 2. The van der Waals surface area contributed by atoms with Gasteiger partial charge >= 0.3 is 0 Å². The number of hydrogen-bond donors (Lipinski definition) is 2. The molecule has 114 valence electrons. The molecular formula is C16H29N3O. The highest BCUT2D eigenvalue weighted by Gasteiger charge is 2.36. The van der Waals surface area contributed by atoms with E-state index in [4.69, 9.17) is 0 Å². The van der Waals surface area contributed by atoms with E-state index in [1.807, 2.05) is 0 Å². The Hall–Kier alpha value is -0.610. The largest absolute Gasteiger partial charge is 0.352 e. The highest BCUT2D eigenvalue weighted by Crippen LogP contribution is 2.27. The minimum Gasteiger partial charge on any atom is -0.352 e. The summed E-state index contributed by atoms with van der Waals surface area (Å²) in [5.41, 5.74) is 0. The first-order valence-corrected chi connectivity index (χ1v) is 8.51. The summed E-state index contributed by atoms with van der Waals surface area (Å²) in [6, 6.07) is 1.21. The van der Waals surface area contributed by atoms with Gasteiger partial charge in [0.2, 0.25) is 5.91 Å². The van der Waals surface area contributed by atoms with Crippen molar-refractivity contribution in [2.45, 2.75) is 70.0 Å². The van der Waals surface area contributed by atoms with Gasteiger partial charge in [-0.15, -0.1) is 0 Å². The average molecular weight is 279 g/mol. The zero-order chi connectivity index (χ0) is 13.9. The molecule has 2 heterocycles. The van der Waals surface area contributed by atoms with Crippen LogP contribution in [0, 0.1) is 5.92 Å². The van der Waals surface area contributed by atoms with Gasteiger partial charge in [-0.1, -0.05) is 6.92 Å². The first-order valence-electron chi connectivity index (χ1n) is 8.51. The topological polar surface area (TPSA) is 44.4 Å². The molecule has 1 saturated carbocycles. The third-order valence-corrected chi connectivity index (χ3v) is 5.42. The van der Waals surface area contributed by atoms with E-state index in [-0.39, 0.29) is 6.04 Å². The molecule has 4 nitrogen and oxygen atoms in total. The number of carbonyl (C=O) groups excluding carboxylic acids is 1. The fourth-order valence-electron chi connectivity index (χ4n) is 4.28. The molecule has 0 bridgehead atoms. The van der Waals surface area contributed by atoms with Crippen molar-refractivity contribution >= 4 is 5.91 Å². The number of piperidine rings is 1. The highest BCUT2D eigenvalue weighted by molar-refractivity contribution is 5.82. The Bertz CT molecular complexity index is 341. The third-order valence-electron chi connectivity index (χ3n) is 5.42. The molecule has 2 N–H and O–H groups in total. The summed E-state index contributed by atoms with van der Waals surface area (Å²) < 4.78 is 0. The van der Waals surface area contributed by atoms with Gasteiger partial charge in [-0.3, -0.25) is 9.69 Å². The lowest BCUT2D eigenvalue weighted by Gasteiger charge is -2.35. The molecule has 0 aromatic rings. The molecule has 20 heavy (non-hydrogen) atoms. The predicted octanol–water partition coefficient (Wildman–Crippen LogP) is 1.51. The van der Waals surface area contributed by atoms with Crippen LogP contribution in [0.2, 0.25) is 0 Å². The van der Waals surface area contributed by atoms with Gasteiger partial charge in [-0.2, -0.15) is 0 Å². The number of likely N-dealkylation sites (tertiary alicyclic amines) is 1. The Morgan fingerprint density at radius 2 is 1.95 bits per heavy atom. The van der Waals surface area contributed by atoms with Crippen LogP contribution >= 0.6 is 0 Å². The zero-order valence-electron chi connectivity index (χ0n) is 12.7. The summed E-state index contributed by atoms with van der Waals surface area (Å²) in [6.45, 7) is 5.62. The number of amides is 1. The van der Waals surface area contributed by atoms with Crippen LogP contribution in [-0.4, -0.2) is 48.6 Å². The molecule has 0 spiro atoms. The minimum atomic E-state index is 0.147. The van der Waals surface area contributed by atoms with Gasteiger partial charge in [0.1, 0.15) is 0 Å². The SMILES string of the molecule is CC1CCC(NC(=O)C2CCCN2C2CCNCC2)C1. The van der Waals surface area contributed by atoms with Gasteiger partial charge in [-0.25, -0.2) is 0 Å². The van der Waals surface area contributed by atoms with Crippen LogP contribution in [0.15, 0.2) is 0 Å². The molecule has 3 unspecified atom stereocenters. The van der Waals surface area contributed by atoms with Crippen LogP contribution in [0.4, 0.5) is 0 Å². The fourth-order valence-corrected chi connectivity index (χ4v) is 4.28. The van der Waals surface area contributed by atoms with E-state index in [0.29, 0.717) is 18.0 Å². The molecule has 0 radical (unpaired) electrons. The van der Waals surface area contributed by atoms with Crippen molar-refractivity contribution in [1.29, 1.82) is 0 Å². The summed E-state index contributed by atoms with van der Waals surface area (Å²) >= 11 is 0. The first kappa shape index (κ1) is 14.3. The van der Waals surface area contributed by atoms with Gasteiger partial charge in [0.05, 0.1) is 6.04 Å². The van der Waals surface area contributed by atoms with Gasteiger partial charge in [0.15, 0.2) is 0 Å². The number of rotatable bonds is 3. The lowest BCUT2D eigenvalue weighted by molar-refractivity contribution is -0.127. The molecule has 3 atom stereocenters. The molecule has 1 aliphatic carbocycles. The maximum atomic E-state index is 12.6. The summed E-state index contributed by atoms with van der Waals surface area (Å²) in [4.78, 5) is 15.1. The molecule has 2 saturated heterocycles. The molecular weight excluding hydrogens is 250 g/mol. The Morgan fingerprint density at radius 3 is 2.65 bits per heavy atom. The smallest absolute Gasteiger partial charge is 0.237 e. The Labute approximate surface area is 122 Å². The van der Waals surface area contributed by atoms with Crippen LogP contribution in [-0.2, 0) is 4.79 Å². The van der Waals surface area contributed by atoms with Crippen molar-refractivity contribution in [3.05, 3.63) is 0 Å². The van der Waals surface area contributed by atoms with E-state index < -0.39 is 0 Å². The van der Waals surface area contributed by atoms with E-state index in [2.05, 4.69) is 22.5 Å². The van der Waals surface area contributed by atoms with Gasteiger partial charge in [0.25, 0.3) is 0 Å². The number of hydrogen-bond acceptors (Lipinski definition) is 3. The van der Waals surface area contributed by atoms with Gasteiger partial charge < -0.3 is 10.6 Å². The molecule has 3 rings (SSSR count). The lowest BCUT2D eigenvalue weighted by atomic mass is 10.0. The fraction of sp³-hybridized carbons (Fsp3) is 0.938. The number of nitrogens with zero attached hydrogens (tertiary/aromatic N) is 1. The van der Waals surface area contributed by atoms with Crippen molar-refractivity contribution in [3.63, 3.8) is 0 Å². The Morgan fingerprint density at radius 1 is 1.15 bits per heavy atom. The second kappa shape index (κ2) is 6.44. The van der Waals surface area contributed by atoms with Gasteiger partial charge in [0, 0.05) is 12.1 Å². The van der Waals surface area contributed by atoms with Crippen LogP contribution in [0.25, 0.3) is 0 Å². The zero-order valence-corrected chi connectivity index (χ0v) is 12.7. The average Bonchev–Trinajstić information content (AvgIpc) is 3.09. The molecule has 0 aromatic carbocycles. The number of carbonyl (C=O) groups is 1. The molecule has 3 aliphatic rings. The van der Waals surface area contributed by atoms with Crippen LogP contribution in [0.3, 0.4) is 0 Å². The van der Waals surface area contributed by atoms with Crippen LogP contribution in [0.5, 0.6) is 0 Å². The monoisotopic (exact) mass is 279 g/mol. The quantitative estimate of drug-likeness (QED) is 0.823. The molecule has 3 fully saturated rings. The summed E-state index contributed by atoms with van der Waals surface area (Å²) in [6.07, 6.45) is 8.25. The second-order valence-corrected chi connectivity index (χ2v) is 7.00. The van der Waals surface area contributed by atoms with Crippen molar-refractivity contribution in [2.75, 3.05) is 19.6 Å². The van der Waals surface area contributed by atoms with E-state index in [0.717, 1.165) is 32.0 Å². The summed E-state index contributed by atoms with van der Waals surface area (Å²) in [5.74, 6) is 1.09. The Kier molecular flexibility index (Phi) is 4.61. The van der Waals surface area contributed by atoms with Crippen molar-refractivity contribution in [3.8, 4) is 0 Å². The second-order valence-electron chi connectivity index (χ2n) is 7.00. The standard InChI is InChI=1S/C16H29N3O/c1-12-4-5-13(11-12)18-16(20)15-3-2-10-19(15)14-6-8-17-9-7-14/h12-15,17H,2-11H2,1H3,(H,18,20). The van der Waals surface area contributed by atoms with E-state index in [1.54, 1.807) is 0 Å². The third kappa shape index (κ3) is 3.17. The van der Waals surface area contributed by atoms with Crippen LogP contribution in [0.1, 0.15) is 51.9 Å². The van der Waals surface area contributed by atoms with Gasteiger partial charge in [-0.05, 0) is 70.5 Å². The lowest BCUT2D eigenvalue weighted by Crippen LogP contribution is -2.52. The normalized spacial score (nSPS) is 36.4. The summed E-state index contributed by atoms with van der Waals surface area (Å²) in [7, 11) is 0. The van der Waals surface area contributed by atoms with Crippen LogP contribution < -0.4 is 10.6 Å². The minimum absolute atomic E-state index is 0.147. The molecule has 1 amide bonds.